The number of rotatable bonds is 2. The van der Waals surface area contributed by atoms with Gasteiger partial charge in [-0.15, -0.1) is 11.3 Å². The van der Waals surface area contributed by atoms with Gasteiger partial charge < -0.3 is 10.2 Å². The molecule has 1 aliphatic heterocycles. The van der Waals surface area contributed by atoms with Crippen LogP contribution in [0.3, 0.4) is 0 Å². The number of thiophene rings is 1. The van der Waals surface area contributed by atoms with Crippen molar-refractivity contribution in [2.24, 2.45) is 5.92 Å². The van der Waals surface area contributed by atoms with E-state index in [-0.39, 0.29) is 30.3 Å². The van der Waals surface area contributed by atoms with Crippen LogP contribution in [0.1, 0.15) is 35.9 Å². The third-order valence-electron chi connectivity index (χ3n) is 3.99. The van der Waals surface area contributed by atoms with Gasteiger partial charge in [0.05, 0.1) is 6.04 Å². The molecule has 3 rings (SSSR count). The highest BCUT2D eigenvalue weighted by Crippen LogP contribution is 2.38. The van der Waals surface area contributed by atoms with Gasteiger partial charge in [0.2, 0.25) is 11.8 Å². The molecule has 120 valence electrons. The molecule has 1 aliphatic rings. The molecule has 4 nitrogen and oxygen atoms in total. The molecule has 2 aromatic rings. The van der Waals surface area contributed by atoms with Gasteiger partial charge in [-0.2, -0.15) is 0 Å². The van der Waals surface area contributed by atoms with E-state index in [4.69, 9.17) is 0 Å². The quantitative estimate of drug-likeness (QED) is 0.916. The van der Waals surface area contributed by atoms with Gasteiger partial charge in [-0.25, -0.2) is 0 Å². The molecule has 1 aromatic heterocycles. The van der Waals surface area contributed by atoms with Gasteiger partial charge in [0.25, 0.3) is 0 Å². The summed E-state index contributed by atoms with van der Waals surface area (Å²) in [6.45, 7) is 5.84. The Morgan fingerprint density at radius 3 is 2.78 bits per heavy atom. The molecule has 0 saturated carbocycles. The van der Waals surface area contributed by atoms with Crippen LogP contribution in [-0.2, 0) is 9.59 Å². The molecule has 1 N–H and O–H groups in total. The number of fused-ring (bicyclic) bond motifs is 1. The molecule has 2 amide bonds. The highest BCUT2D eigenvalue weighted by atomic mass is 32.1. The minimum atomic E-state index is -0.223. The first-order valence-electron chi connectivity index (χ1n) is 7.71. The molecule has 1 aromatic carbocycles. The number of amides is 2. The number of aryl methyl sites for hydroxylation is 1. The zero-order valence-corrected chi connectivity index (χ0v) is 14.3. The van der Waals surface area contributed by atoms with Crippen LogP contribution in [0.5, 0.6) is 0 Å². The summed E-state index contributed by atoms with van der Waals surface area (Å²) in [5, 5.41) is 4.94. The van der Waals surface area contributed by atoms with Crippen LogP contribution >= 0.6 is 11.3 Å². The largest absolute Gasteiger partial charge is 0.324 e. The normalized spacial score (nSPS) is 17.7. The van der Waals surface area contributed by atoms with Gasteiger partial charge in [-0.05, 0) is 24.4 Å². The van der Waals surface area contributed by atoms with E-state index in [0.717, 1.165) is 21.7 Å². The molecule has 0 aliphatic carbocycles. The molecular formula is C18H20N2O2S. The summed E-state index contributed by atoms with van der Waals surface area (Å²) in [4.78, 5) is 27.8. The molecule has 0 saturated heterocycles. The molecule has 0 fully saturated rings. The first-order valence-corrected chi connectivity index (χ1v) is 8.59. The van der Waals surface area contributed by atoms with Gasteiger partial charge in [0.1, 0.15) is 6.54 Å². The molecule has 23 heavy (non-hydrogen) atoms. The van der Waals surface area contributed by atoms with Crippen molar-refractivity contribution < 1.29 is 9.59 Å². The van der Waals surface area contributed by atoms with Crippen LogP contribution in [0.4, 0.5) is 5.69 Å². The Morgan fingerprint density at radius 2 is 2.13 bits per heavy atom. The summed E-state index contributed by atoms with van der Waals surface area (Å²) in [5.41, 5.74) is 2.88. The summed E-state index contributed by atoms with van der Waals surface area (Å²) in [5.74, 6) is -0.312. The highest BCUT2D eigenvalue weighted by Gasteiger charge is 2.34. The van der Waals surface area contributed by atoms with E-state index in [0.29, 0.717) is 0 Å². The highest BCUT2D eigenvalue weighted by molar-refractivity contribution is 7.10. The van der Waals surface area contributed by atoms with Crippen molar-refractivity contribution in [1.29, 1.82) is 0 Å². The van der Waals surface area contributed by atoms with Gasteiger partial charge >= 0.3 is 0 Å². The first kappa shape index (κ1) is 15.7. The van der Waals surface area contributed by atoms with Crippen molar-refractivity contribution in [2.75, 3.05) is 11.9 Å². The average Bonchev–Trinajstić information content (AvgIpc) is 2.97. The third kappa shape index (κ3) is 3.01. The first-order chi connectivity index (χ1) is 11.0. The second kappa shape index (κ2) is 6.16. The zero-order valence-electron chi connectivity index (χ0n) is 13.5. The van der Waals surface area contributed by atoms with Crippen LogP contribution in [0, 0.1) is 12.8 Å². The number of benzene rings is 1. The van der Waals surface area contributed by atoms with Gasteiger partial charge in [-0.1, -0.05) is 37.6 Å². The van der Waals surface area contributed by atoms with Crippen LogP contribution in [-0.4, -0.2) is 23.3 Å². The standard InChI is InChI=1S/C18H20N2O2S/c1-11(2)18(22)20-10-16(21)19-14-7-6-12(3)9-13(14)17(20)15-5-4-8-23-15/h4-9,11,17H,10H2,1-3H3,(H,19,21). The van der Waals surface area contributed by atoms with E-state index in [2.05, 4.69) is 11.4 Å². The van der Waals surface area contributed by atoms with Crippen molar-refractivity contribution in [1.82, 2.24) is 4.90 Å². The third-order valence-corrected chi connectivity index (χ3v) is 4.92. The number of nitrogens with one attached hydrogen (secondary N) is 1. The van der Waals surface area contributed by atoms with E-state index < -0.39 is 0 Å². The van der Waals surface area contributed by atoms with Gasteiger partial charge in [0, 0.05) is 22.0 Å². The second-order valence-corrected chi connectivity index (χ2v) is 7.16. The summed E-state index contributed by atoms with van der Waals surface area (Å²) >= 11 is 1.61. The predicted octanol–water partition coefficient (Wildman–Crippen LogP) is 3.58. The van der Waals surface area contributed by atoms with E-state index in [1.54, 1.807) is 16.2 Å². The lowest BCUT2D eigenvalue weighted by atomic mass is 9.98. The molecule has 0 bridgehead atoms. The van der Waals surface area contributed by atoms with E-state index >= 15 is 0 Å². The monoisotopic (exact) mass is 328 g/mol. The average molecular weight is 328 g/mol. The minimum absolute atomic E-state index is 0.00657. The summed E-state index contributed by atoms with van der Waals surface area (Å²) in [6.07, 6.45) is 0. The molecule has 0 spiro atoms. The number of carbonyl (C=O) groups is 2. The predicted molar refractivity (Wildman–Crippen MR) is 92.5 cm³/mol. The molecule has 2 heterocycles. The number of anilines is 1. The van der Waals surface area contributed by atoms with Gasteiger partial charge in [0.15, 0.2) is 0 Å². The topological polar surface area (TPSA) is 49.4 Å². The smallest absolute Gasteiger partial charge is 0.244 e. The Bertz CT molecular complexity index is 737. The van der Waals surface area contributed by atoms with Crippen molar-refractivity contribution in [3.8, 4) is 0 Å². The molecule has 5 heteroatoms. The Balaban J connectivity index is 2.19. The number of hydrogen-bond donors (Lipinski definition) is 1. The van der Waals surface area contributed by atoms with E-state index in [1.165, 1.54) is 0 Å². The van der Waals surface area contributed by atoms with Crippen LogP contribution in [0.25, 0.3) is 0 Å². The fourth-order valence-electron chi connectivity index (χ4n) is 2.92. The zero-order chi connectivity index (χ0) is 16.6. The second-order valence-electron chi connectivity index (χ2n) is 6.18. The molecule has 1 unspecified atom stereocenters. The van der Waals surface area contributed by atoms with Gasteiger partial charge in [-0.3, -0.25) is 9.59 Å². The van der Waals surface area contributed by atoms with E-state index in [9.17, 15) is 9.59 Å². The van der Waals surface area contributed by atoms with Crippen LogP contribution < -0.4 is 5.32 Å². The van der Waals surface area contributed by atoms with Crippen molar-refractivity contribution in [2.45, 2.75) is 26.8 Å². The maximum atomic E-state index is 12.7. The Labute approximate surface area is 140 Å². The molecule has 1 atom stereocenters. The maximum Gasteiger partial charge on any atom is 0.244 e. The maximum absolute atomic E-state index is 12.7. The summed E-state index contributed by atoms with van der Waals surface area (Å²) in [6, 6.07) is 9.74. The Hall–Kier alpha value is -2.14. The Morgan fingerprint density at radius 1 is 1.35 bits per heavy atom. The SMILES string of the molecule is Cc1ccc2c(c1)C(c1cccs1)N(C(=O)C(C)C)CC(=O)N2. The lowest BCUT2D eigenvalue weighted by molar-refractivity contribution is -0.138. The summed E-state index contributed by atoms with van der Waals surface area (Å²) in [7, 11) is 0. The van der Waals surface area contributed by atoms with Crippen LogP contribution in [0.15, 0.2) is 35.7 Å². The van der Waals surface area contributed by atoms with Crippen LogP contribution in [0.2, 0.25) is 0 Å². The lowest BCUT2D eigenvalue weighted by Crippen LogP contribution is -2.40. The number of hydrogen-bond acceptors (Lipinski definition) is 3. The Kier molecular flexibility index (Phi) is 4.22. The van der Waals surface area contributed by atoms with Crippen molar-refractivity contribution >= 4 is 28.8 Å². The van der Waals surface area contributed by atoms with E-state index in [1.807, 2.05) is 50.4 Å². The minimum Gasteiger partial charge on any atom is -0.324 e. The van der Waals surface area contributed by atoms with Crippen molar-refractivity contribution in [3.63, 3.8) is 0 Å². The number of carbonyl (C=O) groups excluding carboxylic acids is 2. The number of nitrogens with zero attached hydrogens (tertiary/aromatic N) is 1. The van der Waals surface area contributed by atoms with Crippen molar-refractivity contribution in [3.05, 3.63) is 51.7 Å². The lowest BCUT2D eigenvalue weighted by Gasteiger charge is -2.31. The fourth-order valence-corrected chi connectivity index (χ4v) is 3.77. The summed E-state index contributed by atoms with van der Waals surface area (Å²) < 4.78 is 0. The molecular weight excluding hydrogens is 308 g/mol. The fraction of sp³-hybridized carbons (Fsp3) is 0.333. The molecule has 0 radical (unpaired) electrons.